The predicted octanol–water partition coefficient (Wildman–Crippen LogP) is 0.917. The van der Waals surface area contributed by atoms with Crippen molar-refractivity contribution in [3.8, 4) is 0 Å². The lowest BCUT2D eigenvalue weighted by Gasteiger charge is -2.15. The van der Waals surface area contributed by atoms with Gasteiger partial charge < -0.3 is 14.8 Å². The van der Waals surface area contributed by atoms with Crippen molar-refractivity contribution in [3.05, 3.63) is 11.8 Å². The molecule has 0 bridgehead atoms. The maximum absolute atomic E-state index is 5.42. The van der Waals surface area contributed by atoms with Crippen LogP contribution in [0.15, 0.2) is 11.8 Å². The van der Waals surface area contributed by atoms with Gasteiger partial charge in [-0.1, -0.05) is 0 Å². The first kappa shape index (κ1) is 9.55. The van der Waals surface area contributed by atoms with Gasteiger partial charge in [0, 0.05) is 13.7 Å². The van der Waals surface area contributed by atoms with Gasteiger partial charge in [-0.2, -0.15) is 0 Å². The Balaban J connectivity index is 2.01. The fourth-order valence-corrected chi connectivity index (χ4v) is 1.12. The summed E-state index contributed by atoms with van der Waals surface area (Å²) in [5.74, 6) is 1.08. The van der Waals surface area contributed by atoms with Gasteiger partial charge in [0.15, 0.2) is 0 Å². The van der Waals surface area contributed by atoms with Crippen LogP contribution in [0.4, 0.5) is 0 Å². The first-order chi connectivity index (χ1) is 5.93. The monoisotopic (exact) mass is 171 g/mol. The highest BCUT2D eigenvalue weighted by molar-refractivity contribution is 4.97. The molecule has 0 aromatic heterocycles. The largest absolute Gasteiger partial charge is 0.497 e. The van der Waals surface area contributed by atoms with E-state index in [0.29, 0.717) is 0 Å². The van der Waals surface area contributed by atoms with Gasteiger partial charge in [0.05, 0.1) is 19.8 Å². The van der Waals surface area contributed by atoms with Crippen molar-refractivity contribution in [2.24, 2.45) is 0 Å². The summed E-state index contributed by atoms with van der Waals surface area (Å²) >= 11 is 0. The predicted molar refractivity (Wildman–Crippen MR) is 48.0 cm³/mol. The minimum atomic E-state index is 0.757. The summed E-state index contributed by atoms with van der Waals surface area (Å²) in [6.45, 7) is 3.35. The fourth-order valence-electron chi connectivity index (χ4n) is 1.12. The molecule has 70 valence electrons. The van der Waals surface area contributed by atoms with Crippen LogP contribution in [0.5, 0.6) is 0 Å². The third kappa shape index (κ3) is 3.74. The van der Waals surface area contributed by atoms with E-state index in [9.17, 15) is 0 Å². The Hall–Kier alpha value is -0.540. The molecule has 1 heterocycles. The molecule has 3 heteroatoms. The molecule has 1 rings (SSSR count). The zero-order chi connectivity index (χ0) is 8.65. The van der Waals surface area contributed by atoms with Crippen LogP contribution in [-0.2, 0) is 9.47 Å². The summed E-state index contributed by atoms with van der Waals surface area (Å²) in [6, 6.07) is 0. The van der Waals surface area contributed by atoms with Gasteiger partial charge in [0.2, 0.25) is 0 Å². The molecule has 0 saturated carbocycles. The smallest absolute Gasteiger partial charge is 0.106 e. The van der Waals surface area contributed by atoms with Gasteiger partial charge in [0.1, 0.15) is 5.76 Å². The molecule has 0 radical (unpaired) electrons. The van der Waals surface area contributed by atoms with E-state index in [4.69, 9.17) is 9.47 Å². The maximum atomic E-state index is 5.42. The molecule has 3 nitrogen and oxygen atoms in total. The van der Waals surface area contributed by atoms with Crippen molar-refractivity contribution >= 4 is 0 Å². The molecule has 1 N–H and O–H groups in total. The quantitative estimate of drug-likeness (QED) is 0.624. The molecular weight excluding hydrogens is 154 g/mol. The number of hydrogen-bond donors (Lipinski definition) is 1. The number of allylic oxidation sites excluding steroid dienone is 1. The lowest BCUT2D eigenvalue weighted by atomic mass is 10.2. The number of methoxy groups -OCH3 is 1. The van der Waals surface area contributed by atoms with Crippen LogP contribution < -0.4 is 5.32 Å². The van der Waals surface area contributed by atoms with Gasteiger partial charge >= 0.3 is 0 Å². The Kier molecular flexibility index (Phi) is 4.80. The van der Waals surface area contributed by atoms with Gasteiger partial charge in [-0.3, -0.25) is 0 Å². The van der Waals surface area contributed by atoms with Crippen molar-refractivity contribution in [2.75, 3.05) is 33.4 Å². The molecule has 12 heavy (non-hydrogen) atoms. The lowest BCUT2D eigenvalue weighted by Crippen LogP contribution is -2.23. The number of hydrogen-bond acceptors (Lipinski definition) is 3. The highest BCUT2D eigenvalue weighted by atomic mass is 16.5. The highest BCUT2D eigenvalue weighted by Crippen LogP contribution is 2.07. The first-order valence-corrected chi connectivity index (χ1v) is 4.45. The third-order valence-electron chi connectivity index (χ3n) is 1.79. The Morgan fingerprint density at radius 2 is 2.58 bits per heavy atom. The van der Waals surface area contributed by atoms with Crippen LogP contribution in [0.3, 0.4) is 0 Å². The zero-order valence-electron chi connectivity index (χ0n) is 7.64. The van der Waals surface area contributed by atoms with Crippen LogP contribution >= 0.6 is 0 Å². The molecule has 0 saturated heterocycles. The van der Waals surface area contributed by atoms with Crippen molar-refractivity contribution in [3.63, 3.8) is 0 Å². The van der Waals surface area contributed by atoms with E-state index in [2.05, 4.69) is 11.4 Å². The average molecular weight is 171 g/mol. The minimum Gasteiger partial charge on any atom is -0.497 e. The second kappa shape index (κ2) is 6.03. The van der Waals surface area contributed by atoms with E-state index in [1.165, 1.54) is 0 Å². The average Bonchev–Trinajstić information content (AvgIpc) is 2.14. The molecule has 0 aromatic rings. The van der Waals surface area contributed by atoms with Crippen LogP contribution in [0.2, 0.25) is 0 Å². The number of nitrogens with one attached hydrogen (secondary N) is 1. The first-order valence-electron chi connectivity index (χ1n) is 4.45. The van der Waals surface area contributed by atoms with Crippen molar-refractivity contribution in [1.82, 2.24) is 5.32 Å². The SMILES string of the molecule is COCCNCC1=CCCCO1. The summed E-state index contributed by atoms with van der Waals surface area (Å²) < 4.78 is 10.3. The number of rotatable bonds is 5. The molecule has 0 amide bonds. The van der Waals surface area contributed by atoms with E-state index in [-0.39, 0.29) is 0 Å². The molecule has 0 fully saturated rings. The molecule has 0 aromatic carbocycles. The van der Waals surface area contributed by atoms with Crippen molar-refractivity contribution in [2.45, 2.75) is 12.8 Å². The second-order valence-electron chi connectivity index (χ2n) is 2.83. The highest BCUT2D eigenvalue weighted by Gasteiger charge is 2.02. The van der Waals surface area contributed by atoms with Crippen LogP contribution in [-0.4, -0.2) is 33.4 Å². The summed E-state index contributed by atoms with van der Waals surface area (Å²) in [5.41, 5.74) is 0. The summed E-state index contributed by atoms with van der Waals surface area (Å²) in [4.78, 5) is 0. The van der Waals surface area contributed by atoms with E-state index in [1.54, 1.807) is 7.11 Å². The minimum absolute atomic E-state index is 0.757. The second-order valence-corrected chi connectivity index (χ2v) is 2.83. The topological polar surface area (TPSA) is 30.5 Å². The van der Waals surface area contributed by atoms with Gasteiger partial charge in [0.25, 0.3) is 0 Å². The molecule has 0 spiro atoms. The lowest BCUT2D eigenvalue weighted by molar-refractivity contribution is 0.177. The van der Waals surface area contributed by atoms with Crippen LogP contribution in [0, 0.1) is 0 Å². The molecule has 0 aliphatic carbocycles. The third-order valence-corrected chi connectivity index (χ3v) is 1.79. The Morgan fingerprint density at radius 3 is 3.25 bits per heavy atom. The van der Waals surface area contributed by atoms with E-state index in [0.717, 1.165) is 44.9 Å². The van der Waals surface area contributed by atoms with Gasteiger partial charge in [-0.05, 0) is 18.9 Å². The normalized spacial score (nSPS) is 16.9. The summed E-state index contributed by atoms with van der Waals surface area (Å²) in [5, 5.41) is 3.24. The molecule has 1 aliphatic rings. The van der Waals surface area contributed by atoms with E-state index >= 15 is 0 Å². The van der Waals surface area contributed by atoms with E-state index < -0.39 is 0 Å². The van der Waals surface area contributed by atoms with Crippen LogP contribution in [0.1, 0.15) is 12.8 Å². The van der Waals surface area contributed by atoms with Gasteiger partial charge in [-0.25, -0.2) is 0 Å². The fraction of sp³-hybridized carbons (Fsp3) is 0.778. The van der Waals surface area contributed by atoms with E-state index in [1.807, 2.05) is 0 Å². The standard InChI is InChI=1S/C9H17NO2/c1-11-7-5-10-8-9-4-2-3-6-12-9/h4,10H,2-3,5-8H2,1H3. The maximum Gasteiger partial charge on any atom is 0.106 e. The molecular formula is C9H17NO2. The Morgan fingerprint density at radius 1 is 1.67 bits per heavy atom. The molecule has 0 atom stereocenters. The Labute approximate surface area is 73.7 Å². The number of ether oxygens (including phenoxy) is 2. The Bertz CT molecular complexity index is 145. The van der Waals surface area contributed by atoms with Gasteiger partial charge in [-0.15, -0.1) is 0 Å². The van der Waals surface area contributed by atoms with Crippen molar-refractivity contribution < 1.29 is 9.47 Å². The molecule has 1 aliphatic heterocycles. The van der Waals surface area contributed by atoms with Crippen molar-refractivity contribution in [1.29, 1.82) is 0 Å². The summed E-state index contributed by atoms with van der Waals surface area (Å²) in [7, 11) is 1.71. The van der Waals surface area contributed by atoms with Crippen LogP contribution in [0.25, 0.3) is 0 Å². The summed E-state index contributed by atoms with van der Waals surface area (Å²) in [6.07, 6.45) is 4.46. The molecule has 0 unspecified atom stereocenters. The zero-order valence-corrected chi connectivity index (χ0v) is 7.64.